The first-order valence-electron chi connectivity index (χ1n) is 7.32. The van der Waals surface area contributed by atoms with Gasteiger partial charge < -0.3 is 4.74 Å². The van der Waals surface area contributed by atoms with Crippen molar-refractivity contribution in [3.63, 3.8) is 0 Å². The van der Waals surface area contributed by atoms with Crippen molar-refractivity contribution >= 4 is 38.6 Å². The molecule has 0 bridgehead atoms. The fraction of sp³-hybridized carbons (Fsp3) is 0.562. The molecule has 0 saturated carbocycles. The van der Waals surface area contributed by atoms with Crippen LogP contribution in [0.5, 0.6) is 0 Å². The third kappa shape index (κ3) is 2.91. The third-order valence-electron chi connectivity index (χ3n) is 4.50. The molecule has 1 aromatic carbocycles. The quantitative estimate of drug-likeness (QED) is 0.403. The first kappa shape index (κ1) is 18.7. The van der Waals surface area contributed by atoms with Crippen LogP contribution in [0.15, 0.2) is 29.2 Å². The van der Waals surface area contributed by atoms with Crippen LogP contribution in [-0.2, 0) is 19.6 Å². The lowest BCUT2D eigenvalue weighted by Gasteiger charge is -2.39. The Balaban J connectivity index is 2.64. The van der Waals surface area contributed by atoms with Crippen molar-refractivity contribution in [1.82, 2.24) is 4.31 Å². The van der Waals surface area contributed by atoms with E-state index in [1.165, 1.54) is 11.4 Å². The molecular weight excluding hydrogens is 429 g/mol. The number of hydrogen-bond acceptors (Lipinski definition) is 4. The van der Waals surface area contributed by atoms with Gasteiger partial charge in [-0.15, -0.1) is 0 Å². The summed E-state index contributed by atoms with van der Waals surface area (Å²) in [5.41, 5.74) is -0.937. The van der Waals surface area contributed by atoms with Crippen molar-refractivity contribution in [3.05, 3.63) is 29.8 Å². The van der Waals surface area contributed by atoms with Crippen LogP contribution in [0.4, 0.5) is 0 Å². The zero-order valence-corrected chi connectivity index (χ0v) is 16.9. The zero-order valence-electron chi connectivity index (χ0n) is 14.0. The van der Waals surface area contributed by atoms with Crippen LogP contribution in [0.2, 0.25) is 0 Å². The van der Waals surface area contributed by atoms with Crippen LogP contribution in [0.3, 0.4) is 0 Å². The minimum Gasteiger partial charge on any atom is -0.468 e. The van der Waals surface area contributed by atoms with E-state index in [1.54, 1.807) is 31.2 Å². The fourth-order valence-electron chi connectivity index (χ4n) is 3.22. The van der Waals surface area contributed by atoms with Crippen molar-refractivity contribution in [2.75, 3.05) is 7.11 Å². The van der Waals surface area contributed by atoms with Crippen LogP contribution < -0.4 is 0 Å². The number of halogens is 1. The Hall–Kier alpha value is -0.670. The molecule has 1 aliphatic heterocycles. The summed E-state index contributed by atoms with van der Waals surface area (Å²) in [6.07, 6.45) is 0.415. The fourth-order valence-corrected chi connectivity index (χ4v) is 6.66. The van der Waals surface area contributed by atoms with Crippen LogP contribution in [-0.4, -0.2) is 40.8 Å². The van der Waals surface area contributed by atoms with Crippen molar-refractivity contribution in [2.24, 2.45) is 0 Å². The maximum absolute atomic E-state index is 13.3. The zero-order chi connectivity index (χ0) is 17.6. The number of nitrogens with zero attached hydrogens (tertiary/aromatic N) is 1. The smallest absolute Gasteiger partial charge is 0.327 e. The summed E-state index contributed by atoms with van der Waals surface area (Å²) >= 11 is 2.22. The Morgan fingerprint density at radius 3 is 2.26 bits per heavy atom. The molecule has 0 spiro atoms. The standard InChI is InChI=1S/C16H22INO4S/c1-11-6-8-12(9-7-11)23(20,21)18-15(2,3)13(17)10-16(18,4)14(19)22-5/h6-9,13H,10H2,1-5H3/t13-,16+/m0/s1. The summed E-state index contributed by atoms with van der Waals surface area (Å²) < 4.78 is 32.8. The van der Waals surface area contributed by atoms with E-state index in [0.717, 1.165) is 5.56 Å². The van der Waals surface area contributed by atoms with Gasteiger partial charge in [0.2, 0.25) is 10.0 Å². The predicted octanol–water partition coefficient (Wildman–Crippen LogP) is 2.90. The number of aryl methyl sites for hydroxylation is 1. The van der Waals surface area contributed by atoms with Crippen molar-refractivity contribution < 1.29 is 17.9 Å². The average Bonchev–Trinajstić information content (AvgIpc) is 2.65. The molecule has 0 aliphatic carbocycles. The minimum absolute atomic E-state index is 0.00979. The van der Waals surface area contributed by atoms with Gasteiger partial charge in [0.15, 0.2) is 0 Å². The highest BCUT2D eigenvalue weighted by Crippen LogP contribution is 2.48. The summed E-state index contributed by atoms with van der Waals surface area (Å²) in [5.74, 6) is -0.527. The molecule has 2 rings (SSSR count). The Morgan fingerprint density at radius 2 is 1.78 bits per heavy atom. The molecule has 0 amide bonds. The van der Waals surface area contributed by atoms with Crippen LogP contribution in [0.25, 0.3) is 0 Å². The number of rotatable bonds is 3. The molecule has 7 heteroatoms. The van der Waals surface area contributed by atoms with Gasteiger partial charge in [0.05, 0.1) is 12.0 Å². The van der Waals surface area contributed by atoms with E-state index in [4.69, 9.17) is 4.74 Å². The SMILES string of the molecule is COC(=O)[C@@]1(C)C[C@H](I)C(C)(C)N1S(=O)(=O)c1ccc(C)cc1. The van der Waals surface area contributed by atoms with Gasteiger partial charge in [-0.2, -0.15) is 4.31 Å². The summed E-state index contributed by atoms with van der Waals surface area (Å²) in [4.78, 5) is 12.6. The van der Waals surface area contributed by atoms with Gasteiger partial charge in [-0.05, 0) is 46.2 Å². The number of ether oxygens (including phenoxy) is 1. The molecule has 1 aromatic rings. The van der Waals surface area contributed by atoms with Crippen molar-refractivity contribution in [2.45, 2.75) is 54.0 Å². The van der Waals surface area contributed by atoms with Gasteiger partial charge in [-0.1, -0.05) is 40.3 Å². The van der Waals surface area contributed by atoms with Crippen molar-refractivity contribution in [3.8, 4) is 0 Å². The third-order valence-corrected chi connectivity index (χ3v) is 8.69. The highest BCUT2D eigenvalue weighted by molar-refractivity contribution is 14.1. The Bertz CT molecular complexity index is 714. The Kier molecular flexibility index (Phi) is 4.87. The lowest BCUT2D eigenvalue weighted by atomic mass is 9.99. The summed E-state index contributed by atoms with van der Waals surface area (Å²) in [7, 11) is -2.54. The van der Waals surface area contributed by atoms with Gasteiger partial charge in [0.25, 0.3) is 0 Å². The van der Waals surface area contributed by atoms with Gasteiger partial charge in [0, 0.05) is 9.46 Å². The number of carbonyl (C=O) groups is 1. The summed E-state index contributed by atoms with van der Waals surface area (Å²) in [6, 6.07) is 6.68. The molecule has 1 heterocycles. The molecular formula is C16H22INO4S. The number of sulfonamides is 1. The Morgan fingerprint density at radius 1 is 1.26 bits per heavy atom. The predicted molar refractivity (Wildman–Crippen MR) is 97.1 cm³/mol. The van der Waals surface area contributed by atoms with E-state index in [2.05, 4.69) is 22.6 Å². The van der Waals surface area contributed by atoms with E-state index in [0.29, 0.717) is 6.42 Å². The van der Waals surface area contributed by atoms with Gasteiger partial charge >= 0.3 is 5.97 Å². The number of hydrogen-bond donors (Lipinski definition) is 0. The molecule has 1 aliphatic rings. The molecule has 23 heavy (non-hydrogen) atoms. The second kappa shape index (κ2) is 6.00. The lowest BCUT2D eigenvalue weighted by Crippen LogP contribution is -2.57. The van der Waals surface area contributed by atoms with Crippen LogP contribution in [0.1, 0.15) is 32.8 Å². The number of methoxy groups -OCH3 is 1. The largest absolute Gasteiger partial charge is 0.468 e. The molecule has 0 aromatic heterocycles. The van der Waals surface area contributed by atoms with Gasteiger partial charge in [0.1, 0.15) is 5.54 Å². The molecule has 128 valence electrons. The molecule has 0 unspecified atom stereocenters. The van der Waals surface area contributed by atoms with E-state index >= 15 is 0 Å². The number of carbonyl (C=O) groups excluding carboxylic acids is 1. The van der Waals surface area contributed by atoms with E-state index < -0.39 is 27.1 Å². The molecule has 0 radical (unpaired) electrons. The second-order valence-electron chi connectivity index (χ2n) is 6.67. The minimum atomic E-state index is -3.83. The first-order chi connectivity index (χ1) is 10.5. The summed E-state index contributed by atoms with van der Waals surface area (Å²) in [5, 5.41) is 0. The maximum Gasteiger partial charge on any atom is 0.327 e. The normalized spacial score (nSPS) is 27.8. The number of benzene rings is 1. The van der Waals surface area contributed by atoms with Crippen LogP contribution in [0, 0.1) is 6.92 Å². The Labute approximate surface area is 151 Å². The second-order valence-corrected chi connectivity index (χ2v) is 9.96. The lowest BCUT2D eigenvalue weighted by molar-refractivity contribution is -0.151. The van der Waals surface area contributed by atoms with E-state index in [1.807, 2.05) is 20.8 Å². The average molecular weight is 451 g/mol. The van der Waals surface area contributed by atoms with E-state index in [-0.39, 0.29) is 8.82 Å². The topological polar surface area (TPSA) is 63.7 Å². The van der Waals surface area contributed by atoms with Crippen LogP contribution >= 0.6 is 22.6 Å². The van der Waals surface area contributed by atoms with E-state index in [9.17, 15) is 13.2 Å². The van der Waals surface area contributed by atoms with Crippen molar-refractivity contribution in [1.29, 1.82) is 0 Å². The summed E-state index contributed by atoms with van der Waals surface area (Å²) in [6.45, 7) is 7.24. The molecule has 2 atom stereocenters. The van der Waals surface area contributed by atoms with Gasteiger partial charge in [-0.25, -0.2) is 8.42 Å². The number of alkyl halides is 1. The molecule has 0 N–H and O–H groups in total. The molecule has 1 fully saturated rings. The van der Waals surface area contributed by atoms with Gasteiger partial charge in [-0.3, -0.25) is 4.79 Å². The molecule has 5 nitrogen and oxygen atoms in total. The number of esters is 1. The molecule has 1 saturated heterocycles. The maximum atomic E-state index is 13.3. The highest BCUT2D eigenvalue weighted by Gasteiger charge is 2.62. The highest BCUT2D eigenvalue weighted by atomic mass is 127. The first-order valence-corrected chi connectivity index (χ1v) is 10.0. The monoisotopic (exact) mass is 451 g/mol.